The van der Waals surface area contributed by atoms with Crippen LogP contribution >= 0.6 is 0 Å². The van der Waals surface area contributed by atoms with Crippen LogP contribution in [-0.2, 0) is 9.53 Å². The standard InChI is InChI=1S/C11H14O4/c1-7-6-8(4-5-9(7)14-2)10(15-3)11(12)13/h4-6,10H,1-3H3,(H,12,13). The number of aryl methyl sites for hydroxylation is 1. The highest BCUT2D eigenvalue weighted by molar-refractivity contribution is 5.74. The van der Waals surface area contributed by atoms with Crippen molar-refractivity contribution in [3.8, 4) is 5.75 Å². The summed E-state index contributed by atoms with van der Waals surface area (Å²) < 4.78 is 9.97. The van der Waals surface area contributed by atoms with Crippen LogP contribution in [0, 0.1) is 6.92 Å². The second kappa shape index (κ2) is 4.79. The lowest BCUT2D eigenvalue weighted by Crippen LogP contribution is -2.13. The molecule has 0 spiro atoms. The van der Waals surface area contributed by atoms with E-state index in [2.05, 4.69) is 0 Å². The van der Waals surface area contributed by atoms with Gasteiger partial charge in [0.05, 0.1) is 7.11 Å². The molecule has 0 amide bonds. The predicted molar refractivity (Wildman–Crippen MR) is 55.1 cm³/mol. The van der Waals surface area contributed by atoms with Crippen LogP contribution in [0.15, 0.2) is 18.2 Å². The average molecular weight is 210 g/mol. The Morgan fingerprint density at radius 2 is 2.07 bits per heavy atom. The first-order chi connectivity index (χ1) is 7.10. The van der Waals surface area contributed by atoms with Crippen LogP contribution in [0.25, 0.3) is 0 Å². The van der Waals surface area contributed by atoms with Crippen LogP contribution in [0.5, 0.6) is 5.75 Å². The average Bonchev–Trinajstić information content (AvgIpc) is 2.18. The van der Waals surface area contributed by atoms with E-state index >= 15 is 0 Å². The molecular weight excluding hydrogens is 196 g/mol. The molecule has 0 aliphatic heterocycles. The molecular formula is C11H14O4. The van der Waals surface area contributed by atoms with E-state index in [4.69, 9.17) is 14.6 Å². The fraction of sp³-hybridized carbons (Fsp3) is 0.364. The molecule has 0 aliphatic carbocycles. The third kappa shape index (κ3) is 2.47. The van der Waals surface area contributed by atoms with Gasteiger partial charge in [0.15, 0.2) is 6.10 Å². The smallest absolute Gasteiger partial charge is 0.337 e. The number of carboxylic acid groups (broad SMARTS) is 1. The van der Waals surface area contributed by atoms with E-state index in [9.17, 15) is 4.79 Å². The largest absolute Gasteiger partial charge is 0.496 e. The molecule has 0 saturated carbocycles. The highest BCUT2D eigenvalue weighted by atomic mass is 16.5. The summed E-state index contributed by atoms with van der Waals surface area (Å²) in [5.74, 6) is -0.263. The van der Waals surface area contributed by atoms with Gasteiger partial charge in [-0.2, -0.15) is 0 Å². The lowest BCUT2D eigenvalue weighted by molar-refractivity contribution is -0.148. The molecule has 0 saturated heterocycles. The minimum Gasteiger partial charge on any atom is -0.496 e. The molecule has 0 aromatic heterocycles. The summed E-state index contributed by atoms with van der Waals surface area (Å²) in [7, 11) is 2.95. The molecule has 1 aromatic rings. The lowest BCUT2D eigenvalue weighted by Gasteiger charge is -2.12. The van der Waals surface area contributed by atoms with Crippen molar-refractivity contribution in [1.82, 2.24) is 0 Å². The molecule has 0 radical (unpaired) electrons. The normalized spacial score (nSPS) is 12.2. The van der Waals surface area contributed by atoms with Gasteiger partial charge in [-0.3, -0.25) is 0 Å². The third-order valence-electron chi connectivity index (χ3n) is 2.18. The minimum absolute atomic E-state index is 0.614. The van der Waals surface area contributed by atoms with Crippen molar-refractivity contribution >= 4 is 5.97 Å². The van der Waals surface area contributed by atoms with Gasteiger partial charge in [0, 0.05) is 7.11 Å². The number of hydrogen-bond acceptors (Lipinski definition) is 3. The number of rotatable bonds is 4. The fourth-order valence-electron chi connectivity index (χ4n) is 1.44. The maximum absolute atomic E-state index is 10.8. The van der Waals surface area contributed by atoms with Crippen LogP contribution in [0.1, 0.15) is 17.2 Å². The van der Waals surface area contributed by atoms with E-state index in [1.165, 1.54) is 7.11 Å². The predicted octanol–water partition coefficient (Wildman–Crippen LogP) is 1.78. The van der Waals surface area contributed by atoms with E-state index in [-0.39, 0.29) is 0 Å². The molecule has 0 aliphatic rings. The van der Waals surface area contributed by atoms with Crippen molar-refractivity contribution in [2.24, 2.45) is 0 Å². The lowest BCUT2D eigenvalue weighted by atomic mass is 10.1. The number of ether oxygens (including phenoxy) is 2. The molecule has 0 fully saturated rings. The van der Waals surface area contributed by atoms with Crippen LogP contribution in [0.2, 0.25) is 0 Å². The summed E-state index contributed by atoms with van der Waals surface area (Å²) >= 11 is 0. The van der Waals surface area contributed by atoms with Gasteiger partial charge < -0.3 is 14.6 Å². The molecule has 1 rings (SSSR count). The van der Waals surface area contributed by atoms with Crippen molar-refractivity contribution in [1.29, 1.82) is 0 Å². The molecule has 4 nitrogen and oxygen atoms in total. The van der Waals surface area contributed by atoms with E-state index < -0.39 is 12.1 Å². The van der Waals surface area contributed by atoms with Gasteiger partial charge in [-0.15, -0.1) is 0 Å². The Hall–Kier alpha value is -1.55. The topological polar surface area (TPSA) is 55.8 Å². The first kappa shape index (κ1) is 11.5. The number of aliphatic carboxylic acids is 1. The molecule has 1 aromatic carbocycles. The van der Waals surface area contributed by atoms with Crippen LogP contribution in [0.3, 0.4) is 0 Å². The van der Waals surface area contributed by atoms with Crippen molar-refractivity contribution in [2.45, 2.75) is 13.0 Å². The SMILES string of the molecule is COc1ccc(C(OC)C(=O)O)cc1C. The number of hydrogen-bond donors (Lipinski definition) is 1. The van der Waals surface area contributed by atoms with Crippen LogP contribution < -0.4 is 4.74 Å². The molecule has 0 bridgehead atoms. The highest BCUT2D eigenvalue weighted by Crippen LogP contribution is 2.24. The van der Waals surface area contributed by atoms with E-state index in [1.54, 1.807) is 25.3 Å². The van der Waals surface area contributed by atoms with Gasteiger partial charge in [-0.25, -0.2) is 4.79 Å². The Morgan fingerprint density at radius 1 is 1.40 bits per heavy atom. The Kier molecular flexibility index (Phi) is 3.68. The number of methoxy groups -OCH3 is 2. The van der Waals surface area contributed by atoms with Crippen molar-refractivity contribution < 1.29 is 19.4 Å². The number of carbonyl (C=O) groups is 1. The second-order valence-corrected chi connectivity index (χ2v) is 3.18. The fourth-order valence-corrected chi connectivity index (χ4v) is 1.44. The molecule has 82 valence electrons. The van der Waals surface area contributed by atoms with E-state index in [1.807, 2.05) is 6.92 Å². The maximum atomic E-state index is 10.8. The van der Waals surface area contributed by atoms with Crippen molar-refractivity contribution in [3.63, 3.8) is 0 Å². The summed E-state index contributed by atoms with van der Waals surface area (Å²) in [6, 6.07) is 5.18. The van der Waals surface area contributed by atoms with Gasteiger partial charge in [-0.05, 0) is 30.2 Å². The van der Waals surface area contributed by atoms with Crippen molar-refractivity contribution in [3.05, 3.63) is 29.3 Å². The summed E-state index contributed by atoms with van der Waals surface area (Å²) in [4.78, 5) is 10.8. The third-order valence-corrected chi connectivity index (χ3v) is 2.18. The zero-order chi connectivity index (χ0) is 11.4. The van der Waals surface area contributed by atoms with Gasteiger partial charge in [0.25, 0.3) is 0 Å². The first-order valence-corrected chi connectivity index (χ1v) is 4.50. The highest BCUT2D eigenvalue weighted by Gasteiger charge is 2.19. The van der Waals surface area contributed by atoms with Gasteiger partial charge in [0.1, 0.15) is 5.75 Å². The van der Waals surface area contributed by atoms with E-state index in [0.29, 0.717) is 5.56 Å². The Bertz CT molecular complexity index is 360. The molecule has 1 atom stereocenters. The zero-order valence-electron chi connectivity index (χ0n) is 8.98. The maximum Gasteiger partial charge on any atom is 0.337 e. The summed E-state index contributed by atoms with van der Waals surface area (Å²) in [6.07, 6.45) is -0.922. The molecule has 1 unspecified atom stereocenters. The summed E-state index contributed by atoms with van der Waals surface area (Å²) in [5, 5.41) is 8.89. The number of benzene rings is 1. The minimum atomic E-state index is -0.998. The number of carboxylic acids is 1. The Morgan fingerprint density at radius 3 is 2.47 bits per heavy atom. The Balaban J connectivity index is 3.05. The monoisotopic (exact) mass is 210 g/mol. The van der Waals surface area contributed by atoms with Gasteiger partial charge in [0.2, 0.25) is 0 Å². The summed E-state index contributed by atoms with van der Waals surface area (Å²) in [6.45, 7) is 1.86. The summed E-state index contributed by atoms with van der Waals surface area (Å²) in [5.41, 5.74) is 1.50. The molecule has 4 heteroatoms. The first-order valence-electron chi connectivity index (χ1n) is 4.50. The quantitative estimate of drug-likeness (QED) is 0.822. The molecule has 1 N–H and O–H groups in total. The Labute approximate surface area is 88.4 Å². The molecule has 15 heavy (non-hydrogen) atoms. The van der Waals surface area contributed by atoms with Crippen molar-refractivity contribution in [2.75, 3.05) is 14.2 Å². The van der Waals surface area contributed by atoms with Crippen LogP contribution in [-0.4, -0.2) is 25.3 Å². The van der Waals surface area contributed by atoms with Crippen LogP contribution in [0.4, 0.5) is 0 Å². The van der Waals surface area contributed by atoms with Gasteiger partial charge in [-0.1, -0.05) is 6.07 Å². The molecule has 0 heterocycles. The second-order valence-electron chi connectivity index (χ2n) is 3.18. The van der Waals surface area contributed by atoms with E-state index in [0.717, 1.165) is 11.3 Å². The zero-order valence-corrected chi connectivity index (χ0v) is 8.98. The van der Waals surface area contributed by atoms with Gasteiger partial charge >= 0.3 is 5.97 Å².